The van der Waals surface area contributed by atoms with Crippen LogP contribution in [0.4, 0.5) is 13.2 Å². The van der Waals surface area contributed by atoms with Crippen LogP contribution >= 0.6 is 0 Å². The van der Waals surface area contributed by atoms with Crippen LogP contribution in [0.5, 0.6) is 5.75 Å². The smallest absolute Gasteiger partial charge is 0.418 e. The fourth-order valence-electron chi connectivity index (χ4n) is 2.70. The summed E-state index contributed by atoms with van der Waals surface area (Å²) < 4.78 is 39.2. The van der Waals surface area contributed by atoms with Gasteiger partial charge in [0, 0.05) is 18.0 Å². The van der Waals surface area contributed by atoms with Crippen LogP contribution in [0, 0.1) is 5.92 Å². The molecule has 2 unspecified atom stereocenters. The molecule has 21 heavy (non-hydrogen) atoms. The first-order chi connectivity index (χ1) is 9.97. The van der Waals surface area contributed by atoms with Gasteiger partial charge in [0.1, 0.15) is 5.75 Å². The quantitative estimate of drug-likeness (QED) is 0.829. The third-order valence-electron chi connectivity index (χ3n) is 3.63. The highest BCUT2D eigenvalue weighted by Gasteiger charge is 2.42. The van der Waals surface area contributed by atoms with Crippen molar-refractivity contribution in [3.63, 3.8) is 0 Å². The second-order valence-corrected chi connectivity index (χ2v) is 4.97. The first kappa shape index (κ1) is 13.7. The van der Waals surface area contributed by atoms with E-state index in [1.165, 1.54) is 18.3 Å². The van der Waals surface area contributed by atoms with Crippen molar-refractivity contribution in [1.82, 2.24) is 0 Å². The van der Waals surface area contributed by atoms with E-state index in [9.17, 15) is 18.3 Å². The van der Waals surface area contributed by atoms with Gasteiger partial charge in [-0.1, -0.05) is 30.4 Å². The van der Waals surface area contributed by atoms with Crippen molar-refractivity contribution >= 4 is 5.71 Å². The third-order valence-corrected chi connectivity index (χ3v) is 3.63. The summed E-state index contributed by atoms with van der Waals surface area (Å²) >= 11 is 0. The van der Waals surface area contributed by atoms with Crippen molar-refractivity contribution in [1.29, 1.82) is 0 Å². The third kappa shape index (κ3) is 2.51. The Morgan fingerprint density at radius 1 is 1.10 bits per heavy atom. The van der Waals surface area contributed by atoms with Crippen LogP contribution in [0.2, 0.25) is 0 Å². The second kappa shape index (κ2) is 4.91. The Morgan fingerprint density at radius 3 is 2.62 bits per heavy atom. The van der Waals surface area contributed by atoms with Crippen LogP contribution in [0.3, 0.4) is 0 Å². The largest absolute Gasteiger partial charge is 0.508 e. The number of allylic oxidation sites excluding steroid dienone is 5. The molecule has 1 N–H and O–H groups in total. The van der Waals surface area contributed by atoms with E-state index < -0.39 is 17.7 Å². The van der Waals surface area contributed by atoms with Gasteiger partial charge in [-0.2, -0.15) is 13.2 Å². The van der Waals surface area contributed by atoms with Crippen molar-refractivity contribution in [3.8, 4) is 5.75 Å². The Morgan fingerprint density at radius 2 is 1.90 bits per heavy atom. The molecule has 1 aromatic rings. The molecule has 3 rings (SSSR count). The van der Waals surface area contributed by atoms with Gasteiger partial charge in [0.25, 0.3) is 0 Å². The number of phenols is 1. The van der Waals surface area contributed by atoms with Crippen LogP contribution < -0.4 is 0 Å². The number of benzene rings is 1. The predicted molar refractivity (Wildman–Crippen MR) is 74.2 cm³/mol. The van der Waals surface area contributed by atoms with E-state index in [0.717, 1.165) is 11.6 Å². The van der Waals surface area contributed by atoms with E-state index in [1.807, 2.05) is 0 Å². The molecule has 0 bridgehead atoms. The molecule has 2 aliphatic rings. The highest BCUT2D eigenvalue weighted by Crippen LogP contribution is 2.40. The Kier molecular flexibility index (Phi) is 3.20. The minimum atomic E-state index is -4.42. The van der Waals surface area contributed by atoms with Crippen molar-refractivity contribution in [2.75, 3.05) is 0 Å². The normalized spacial score (nSPS) is 24.3. The van der Waals surface area contributed by atoms with E-state index in [2.05, 4.69) is 4.99 Å². The lowest BCUT2D eigenvalue weighted by molar-refractivity contribution is -0.0864. The maximum atomic E-state index is 13.1. The fraction of sp³-hybridized carbons (Fsp3) is 0.188. The van der Waals surface area contributed by atoms with Gasteiger partial charge in [-0.15, -0.1) is 0 Å². The van der Waals surface area contributed by atoms with Gasteiger partial charge in [-0.25, -0.2) is 0 Å². The number of hydrogen-bond acceptors (Lipinski definition) is 2. The first-order valence-electron chi connectivity index (χ1n) is 6.46. The van der Waals surface area contributed by atoms with Gasteiger partial charge in [-0.3, -0.25) is 4.99 Å². The number of aliphatic imine (C=N–C) groups is 1. The molecule has 2 atom stereocenters. The SMILES string of the molecule is Oc1cccc(C2C=CN=C3C(C(F)(F)F)=CC=CC32)c1. The minimum Gasteiger partial charge on any atom is -0.508 e. The Labute approximate surface area is 119 Å². The summed E-state index contributed by atoms with van der Waals surface area (Å²) in [5.41, 5.74) is 0.0853. The molecule has 0 spiro atoms. The molecule has 108 valence electrons. The molecule has 5 heteroatoms. The molecule has 1 heterocycles. The van der Waals surface area contributed by atoms with Gasteiger partial charge >= 0.3 is 6.18 Å². The molecule has 0 fully saturated rings. The molecule has 1 aliphatic carbocycles. The molecule has 1 aromatic carbocycles. The molecule has 0 radical (unpaired) electrons. The van der Waals surface area contributed by atoms with Crippen molar-refractivity contribution < 1.29 is 18.3 Å². The minimum absolute atomic E-state index is 0.0286. The Bertz CT molecular complexity index is 683. The average Bonchev–Trinajstić information content (AvgIpc) is 2.45. The fourth-order valence-corrected chi connectivity index (χ4v) is 2.70. The molecule has 0 saturated carbocycles. The van der Waals surface area contributed by atoms with Crippen LogP contribution in [-0.4, -0.2) is 17.0 Å². The molecule has 0 saturated heterocycles. The molecule has 2 nitrogen and oxygen atoms in total. The summed E-state index contributed by atoms with van der Waals surface area (Å²) in [4.78, 5) is 3.93. The maximum absolute atomic E-state index is 13.1. The zero-order valence-corrected chi connectivity index (χ0v) is 10.9. The Balaban J connectivity index is 2.00. The number of halogens is 3. The number of nitrogens with zero attached hydrogens (tertiary/aromatic N) is 1. The lowest BCUT2D eigenvalue weighted by Crippen LogP contribution is -2.31. The number of alkyl halides is 3. The van der Waals surface area contributed by atoms with Gasteiger partial charge < -0.3 is 5.11 Å². The van der Waals surface area contributed by atoms with Crippen LogP contribution in [-0.2, 0) is 0 Å². The van der Waals surface area contributed by atoms with Gasteiger partial charge in [0.2, 0.25) is 0 Å². The molecule has 1 aliphatic heterocycles. The summed E-state index contributed by atoms with van der Waals surface area (Å²) in [5, 5.41) is 9.56. The van der Waals surface area contributed by atoms with Crippen molar-refractivity contribution in [2.45, 2.75) is 12.1 Å². The topological polar surface area (TPSA) is 32.6 Å². The van der Waals surface area contributed by atoms with Crippen LogP contribution in [0.15, 0.2) is 65.3 Å². The molecule has 0 aromatic heterocycles. The van der Waals surface area contributed by atoms with Gasteiger partial charge in [0.15, 0.2) is 0 Å². The lowest BCUT2D eigenvalue weighted by atomic mass is 9.77. The van der Waals surface area contributed by atoms with E-state index >= 15 is 0 Å². The zero-order chi connectivity index (χ0) is 15.0. The molecular weight excluding hydrogens is 279 g/mol. The lowest BCUT2D eigenvalue weighted by Gasteiger charge is -2.30. The number of fused-ring (bicyclic) bond motifs is 1. The molecule has 0 amide bonds. The second-order valence-electron chi connectivity index (χ2n) is 4.97. The maximum Gasteiger partial charge on any atom is 0.418 e. The van der Waals surface area contributed by atoms with Crippen LogP contribution in [0.25, 0.3) is 0 Å². The summed E-state index contributed by atoms with van der Waals surface area (Å²) in [6.45, 7) is 0. The van der Waals surface area contributed by atoms with Crippen molar-refractivity contribution in [3.05, 3.63) is 65.9 Å². The summed E-state index contributed by atoms with van der Waals surface area (Å²) in [6, 6.07) is 6.56. The highest BCUT2D eigenvalue weighted by molar-refractivity contribution is 6.06. The van der Waals surface area contributed by atoms with Crippen molar-refractivity contribution in [2.24, 2.45) is 10.9 Å². The van der Waals surface area contributed by atoms with Crippen LogP contribution in [0.1, 0.15) is 11.5 Å². The number of aromatic hydroxyl groups is 1. The van der Waals surface area contributed by atoms with E-state index in [4.69, 9.17) is 0 Å². The zero-order valence-electron chi connectivity index (χ0n) is 10.9. The van der Waals surface area contributed by atoms with E-state index in [0.29, 0.717) is 0 Å². The summed E-state index contributed by atoms with van der Waals surface area (Å²) in [5.74, 6) is -0.651. The van der Waals surface area contributed by atoms with Gasteiger partial charge in [0.05, 0.1) is 11.3 Å². The summed E-state index contributed by atoms with van der Waals surface area (Å²) in [6.07, 6.45) is 2.92. The van der Waals surface area contributed by atoms with Gasteiger partial charge in [-0.05, 0) is 23.8 Å². The van der Waals surface area contributed by atoms with E-state index in [1.54, 1.807) is 30.4 Å². The standard InChI is InChI=1S/C16H12F3NO/c17-16(18,19)14-6-2-5-13-12(7-8-20-15(13)14)10-3-1-4-11(21)9-10/h1-9,12-13,21H. The monoisotopic (exact) mass is 291 g/mol. The number of rotatable bonds is 1. The predicted octanol–water partition coefficient (Wildman–Crippen LogP) is 4.12. The first-order valence-corrected chi connectivity index (χ1v) is 6.46. The number of hydrogen-bond donors (Lipinski definition) is 1. The molecular formula is C16H12F3NO. The van der Waals surface area contributed by atoms with E-state index in [-0.39, 0.29) is 17.4 Å². The average molecular weight is 291 g/mol. The highest BCUT2D eigenvalue weighted by atomic mass is 19.4. The Hall–Kier alpha value is -2.30. The number of phenolic OH excluding ortho intramolecular Hbond substituents is 1. The summed E-state index contributed by atoms with van der Waals surface area (Å²) in [7, 11) is 0.